The quantitative estimate of drug-likeness (QED) is 0.274. The van der Waals surface area contributed by atoms with Gasteiger partial charge in [0.15, 0.2) is 11.5 Å². The first-order valence-electron chi connectivity index (χ1n) is 10.4. The van der Waals surface area contributed by atoms with Gasteiger partial charge in [-0.3, -0.25) is 0 Å². The Hall–Kier alpha value is -3.44. The molecular formula is C26H26ClN3O2. The van der Waals surface area contributed by atoms with E-state index in [-0.39, 0.29) is 0 Å². The summed E-state index contributed by atoms with van der Waals surface area (Å²) in [5, 5.41) is 6.43. The third kappa shape index (κ3) is 4.43. The molecule has 0 bridgehead atoms. The van der Waals surface area contributed by atoms with Crippen LogP contribution in [0.1, 0.15) is 22.4 Å². The van der Waals surface area contributed by atoms with E-state index in [1.165, 1.54) is 0 Å². The van der Waals surface area contributed by atoms with Gasteiger partial charge in [-0.15, -0.1) is 0 Å². The first-order chi connectivity index (χ1) is 15.6. The zero-order valence-corrected chi connectivity index (χ0v) is 19.2. The molecule has 0 saturated carbocycles. The Morgan fingerprint density at radius 1 is 0.969 bits per heavy atom. The second kappa shape index (κ2) is 9.79. The van der Waals surface area contributed by atoms with Crippen LogP contribution in [0.3, 0.4) is 0 Å². The first kappa shape index (κ1) is 21.8. The topological polar surface area (TPSA) is 47.8 Å². The average Bonchev–Trinajstić information content (AvgIpc) is 3.09. The fourth-order valence-corrected chi connectivity index (χ4v) is 4.05. The van der Waals surface area contributed by atoms with E-state index < -0.39 is 0 Å². The van der Waals surface area contributed by atoms with Crippen molar-refractivity contribution >= 4 is 28.7 Å². The van der Waals surface area contributed by atoms with Crippen molar-refractivity contribution in [3.63, 3.8) is 0 Å². The summed E-state index contributed by atoms with van der Waals surface area (Å²) in [6, 6.07) is 22.2. The van der Waals surface area contributed by atoms with E-state index in [4.69, 9.17) is 21.1 Å². The maximum Gasteiger partial charge on any atom is 0.161 e. The summed E-state index contributed by atoms with van der Waals surface area (Å²) in [5.74, 6) is 1.41. The van der Waals surface area contributed by atoms with Gasteiger partial charge in [0.05, 0.1) is 27.0 Å². The number of benzene rings is 3. The standard InChI is InChI=1S/C26H26ClN3O2/c1-18-22(16-29-28-15-19-12-13-25(31-2)26(14-19)32-3)21-9-5-7-11-24(21)30(18)17-20-8-4-6-10-23(20)27/h4-14,16,28H,15,17H2,1-3H3/b29-16-. The zero-order valence-electron chi connectivity index (χ0n) is 18.4. The number of ether oxygens (including phenoxy) is 2. The Labute approximate surface area is 193 Å². The smallest absolute Gasteiger partial charge is 0.161 e. The van der Waals surface area contributed by atoms with Crippen LogP contribution in [0.15, 0.2) is 71.8 Å². The zero-order chi connectivity index (χ0) is 22.5. The minimum Gasteiger partial charge on any atom is -0.493 e. The van der Waals surface area contributed by atoms with Crippen molar-refractivity contribution in [2.75, 3.05) is 14.2 Å². The van der Waals surface area contributed by atoms with E-state index in [9.17, 15) is 0 Å². The van der Waals surface area contributed by atoms with Crippen molar-refractivity contribution in [2.24, 2.45) is 5.10 Å². The van der Waals surface area contributed by atoms with Crippen molar-refractivity contribution in [1.29, 1.82) is 0 Å². The lowest BCUT2D eigenvalue weighted by atomic mass is 10.1. The number of para-hydroxylation sites is 1. The molecule has 0 aliphatic heterocycles. The van der Waals surface area contributed by atoms with Crippen LogP contribution in [0.2, 0.25) is 5.02 Å². The number of halogens is 1. The molecule has 4 rings (SSSR count). The molecule has 0 radical (unpaired) electrons. The highest BCUT2D eigenvalue weighted by molar-refractivity contribution is 6.31. The van der Waals surface area contributed by atoms with E-state index in [0.717, 1.165) is 38.3 Å². The third-order valence-electron chi connectivity index (χ3n) is 5.58. The van der Waals surface area contributed by atoms with Gasteiger partial charge in [-0.2, -0.15) is 5.10 Å². The molecular weight excluding hydrogens is 422 g/mol. The number of fused-ring (bicyclic) bond motifs is 1. The maximum absolute atomic E-state index is 6.42. The summed E-state index contributed by atoms with van der Waals surface area (Å²) in [7, 11) is 3.26. The molecule has 0 saturated heterocycles. The number of nitrogens with zero attached hydrogens (tertiary/aromatic N) is 2. The summed E-state index contributed by atoms with van der Waals surface area (Å²) in [6.07, 6.45) is 1.89. The van der Waals surface area contributed by atoms with Crippen molar-refractivity contribution in [3.8, 4) is 11.5 Å². The van der Waals surface area contributed by atoms with Crippen LogP contribution in [0.4, 0.5) is 0 Å². The Balaban J connectivity index is 1.56. The normalized spacial score (nSPS) is 11.2. The highest BCUT2D eigenvalue weighted by atomic mass is 35.5. The fourth-order valence-electron chi connectivity index (χ4n) is 3.86. The number of aromatic nitrogens is 1. The summed E-state index contributed by atoms with van der Waals surface area (Å²) < 4.78 is 13.0. The Kier molecular flexibility index (Phi) is 6.66. The minimum absolute atomic E-state index is 0.578. The summed E-state index contributed by atoms with van der Waals surface area (Å²) in [6.45, 7) is 3.40. The van der Waals surface area contributed by atoms with Gasteiger partial charge in [0.25, 0.3) is 0 Å². The molecule has 1 N–H and O–H groups in total. The van der Waals surface area contributed by atoms with E-state index in [2.05, 4.69) is 52.3 Å². The number of methoxy groups -OCH3 is 2. The van der Waals surface area contributed by atoms with Crippen LogP contribution in [0.5, 0.6) is 11.5 Å². The Bertz CT molecular complexity index is 1260. The fraction of sp³-hybridized carbons (Fsp3) is 0.192. The van der Waals surface area contributed by atoms with Gasteiger partial charge in [0.2, 0.25) is 0 Å². The van der Waals surface area contributed by atoms with Crippen molar-refractivity contribution < 1.29 is 9.47 Å². The van der Waals surface area contributed by atoms with Crippen molar-refractivity contribution in [2.45, 2.75) is 20.0 Å². The minimum atomic E-state index is 0.578. The number of nitrogens with one attached hydrogen (secondary N) is 1. The van der Waals surface area contributed by atoms with Gasteiger partial charge in [-0.25, -0.2) is 0 Å². The molecule has 5 nitrogen and oxygen atoms in total. The van der Waals surface area contributed by atoms with E-state index in [1.54, 1.807) is 14.2 Å². The van der Waals surface area contributed by atoms with Gasteiger partial charge in [-0.1, -0.05) is 54.1 Å². The van der Waals surface area contributed by atoms with Crippen LogP contribution in [0, 0.1) is 6.92 Å². The van der Waals surface area contributed by atoms with Crippen molar-refractivity contribution in [3.05, 3.63) is 94.1 Å². The molecule has 0 amide bonds. The molecule has 0 aliphatic carbocycles. The number of hydrogen-bond acceptors (Lipinski definition) is 4. The molecule has 6 heteroatoms. The Morgan fingerprint density at radius 2 is 1.72 bits per heavy atom. The molecule has 3 aromatic carbocycles. The average molecular weight is 448 g/mol. The Morgan fingerprint density at radius 3 is 2.50 bits per heavy atom. The highest BCUT2D eigenvalue weighted by Crippen LogP contribution is 2.28. The lowest BCUT2D eigenvalue weighted by Gasteiger charge is -2.10. The third-order valence-corrected chi connectivity index (χ3v) is 5.95. The number of hydrogen-bond donors (Lipinski definition) is 1. The molecule has 164 valence electrons. The molecule has 0 spiro atoms. The van der Waals surface area contributed by atoms with Gasteiger partial charge < -0.3 is 19.5 Å². The molecule has 1 heterocycles. The van der Waals surface area contributed by atoms with Gasteiger partial charge >= 0.3 is 0 Å². The van der Waals surface area contributed by atoms with Crippen LogP contribution in [-0.2, 0) is 13.1 Å². The van der Waals surface area contributed by atoms with Crippen LogP contribution in [0.25, 0.3) is 10.9 Å². The van der Waals surface area contributed by atoms with Gasteiger partial charge in [0, 0.05) is 33.7 Å². The van der Waals surface area contributed by atoms with Crippen LogP contribution < -0.4 is 14.9 Å². The van der Waals surface area contributed by atoms with Crippen molar-refractivity contribution in [1.82, 2.24) is 9.99 Å². The molecule has 0 fully saturated rings. The highest BCUT2D eigenvalue weighted by Gasteiger charge is 2.13. The summed E-state index contributed by atoms with van der Waals surface area (Å²) in [5.41, 5.74) is 8.68. The summed E-state index contributed by atoms with van der Waals surface area (Å²) >= 11 is 6.42. The summed E-state index contributed by atoms with van der Waals surface area (Å²) in [4.78, 5) is 0. The first-order valence-corrected chi connectivity index (χ1v) is 10.8. The van der Waals surface area contributed by atoms with Gasteiger partial charge in [-0.05, 0) is 42.3 Å². The predicted molar refractivity (Wildman–Crippen MR) is 131 cm³/mol. The van der Waals surface area contributed by atoms with E-state index in [0.29, 0.717) is 24.6 Å². The molecule has 0 unspecified atom stereocenters. The second-order valence-electron chi connectivity index (χ2n) is 7.48. The molecule has 32 heavy (non-hydrogen) atoms. The van der Waals surface area contributed by atoms with Crippen LogP contribution in [-0.4, -0.2) is 25.0 Å². The predicted octanol–water partition coefficient (Wildman–Crippen LogP) is 5.79. The number of hydrazone groups is 1. The monoisotopic (exact) mass is 447 g/mol. The largest absolute Gasteiger partial charge is 0.493 e. The molecule has 4 aromatic rings. The lowest BCUT2D eigenvalue weighted by Crippen LogP contribution is -2.06. The molecule has 0 aliphatic rings. The van der Waals surface area contributed by atoms with Gasteiger partial charge in [0.1, 0.15) is 0 Å². The number of rotatable bonds is 8. The molecule has 1 aromatic heterocycles. The maximum atomic E-state index is 6.42. The van der Waals surface area contributed by atoms with Crippen LogP contribution >= 0.6 is 11.6 Å². The van der Waals surface area contributed by atoms with E-state index in [1.807, 2.05) is 42.6 Å². The lowest BCUT2D eigenvalue weighted by molar-refractivity contribution is 0.354. The second-order valence-corrected chi connectivity index (χ2v) is 7.88. The van der Waals surface area contributed by atoms with E-state index >= 15 is 0 Å². The SMILES string of the molecule is COc1ccc(CN/N=C\c2c(C)n(Cc3ccccc3Cl)c3ccccc23)cc1OC. The molecule has 0 atom stereocenters.